The standard InChI is InChI=1S/C18H19ClF3N3O2/c1-11(27-10-18(20,21)22)17(26)25-8-2-3-15(25)16-23-9-14(24-16)12-4-6-13(19)7-5-12/h4-7,9,11,15H,2-3,8,10H2,1H3,(H,23,24)/t11-,15+/m1/s1. The minimum absolute atomic E-state index is 0.310. The van der Waals surface area contributed by atoms with Crippen molar-refractivity contribution in [2.24, 2.45) is 0 Å². The Morgan fingerprint density at radius 1 is 1.41 bits per heavy atom. The number of H-pyrrole nitrogens is 1. The lowest BCUT2D eigenvalue weighted by molar-refractivity contribution is -0.188. The zero-order valence-corrected chi connectivity index (χ0v) is 15.3. The number of alkyl halides is 3. The molecule has 0 aliphatic carbocycles. The fourth-order valence-electron chi connectivity index (χ4n) is 3.12. The van der Waals surface area contributed by atoms with Crippen molar-refractivity contribution in [3.63, 3.8) is 0 Å². The molecule has 0 bridgehead atoms. The van der Waals surface area contributed by atoms with E-state index >= 15 is 0 Å². The van der Waals surface area contributed by atoms with Crippen molar-refractivity contribution >= 4 is 17.5 Å². The Morgan fingerprint density at radius 2 is 2.11 bits per heavy atom. The number of aromatic nitrogens is 2. The van der Waals surface area contributed by atoms with Gasteiger partial charge in [-0.15, -0.1) is 0 Å². The molecule has 5 nitrogen and oxygen atoms in total. The second-order valence-electron chi connectivity index (χ2n) is 6.45. The number of halogens is 4. The molecule has 0 unspecified atom stereocenters. The Hall–Kier alpha value is -2.06. The first-order valence-electron chi connectivity index (χ1n) is 8.54. The van der Waals surface area contributed by atoms with Gasteiger partial charge in [0.1, 0.15) is 18.5 Å². The summed E-state index contributed by atoms with van der Waals surface area (Å²) in [6.07, 6.45) is -2.53. The lowest BCUT2D eigenvalue weighted by Crippen LogP contribution is -2.40. The molecule has 0 spiro atoms. The number of rotatable bonds is 5. The molecule has 146 valence electrons. The highest BCUT2D eigenvalue weighted by molar-refractivity contribution is 6.30. The molecule has 1 aliphatic heterocycles. The first-order valence-corrected chi connectivity index (χ1v) is 8.92. The third-order valence-corrected chi connectivity index (χ3v) is 4.70. The Kier molecular flexibility index (Phi) is 5.76. The summed E-state index contributed by atoms with van der Waals surface area (Å²) < 4.78 is 41.6. The molecule has 2 aromatic rings. The molecule has 2 heterocycles. The van der Waals surface area contributed by atoms with E-state index in [4.69, 9.17) is 16.3 Å². The highest BCUT2D eigenvalue weighted by Crippen LogP contribution is 2.32. The Morgan fingerprint density at radius 3 is 2.78 bits per heavy atom. The SMILES string of the molecule is C[C@@H](OCC(F)(F)F)C(=O)N1CCC[C@H]1c1ncc(-c2ccc(Cl)cc2)[nH]1. The van der Waals surface area contributed by atoms with Gasteiger partial charge >= 0.3 is 6.18 Å². The molecule has 9 heteroatoms. The molecule has 1 aliphatic rings. The fourth-order valence-corrected chi connectivity index (χ4v) is 3.25. The summed E-state index contributed by atoms with van der Waals surface area (Å²) in [7, 11) is 0. The average molecular weight is 402 g/mol. The molecule has 1 amide bonds. The monoisotopic (exact) mass is 401 g/mol. The number of aromatic amines is 1. The average Bonchev–Trinajstić information content (AvgIpc) is 3.28. The van der Waals surface area contributed by atoms with Crippen LogP contribution in [-0.4, -0.2) is 46.2 Å². The van der Waals surface area contributed by atoms with Gasteiger partial charge in [0.15, 0.2) is 0 Å². The van der Waals surface area contributed by atoms with Crippen LogP contribution in [0.4, 0.5) is 13.2 Å². The molecular weight excluding hydrogens is 383 g/mol. The quantitative estimate of drug-likeness (QED) is 0.809. The van der Waals surface area contributed by atoms with Gasteiger partial charge in [-0.25, -0.2) is 4.98 Å². The van der Waals surface area contributed by atoms with E-state index in [1.165, 1.54) is 11.8 Å². The van der Waals surface area contributed by atoms with Crippen molar-refractivity contribution in [1.29, 1.82) is 0 Å². The van der Waals surface area contributed by atoms with E-state index in [9.17, 15) is 18.0 Å². The topological polar surface area (TPSA) is 58.2 Å². The maximum atomic E-state index is 12.5. The van der Waals surface area contributed by atoms with E-state index in [0.717, 1.165) is 17.7 Å². The first-order chi connectivity index (χ1) is 12.7. The zero-order chi connectivity index (χ0) is 19.6. The van der Waals surface area contributed by atoms with E-state index in [0.29, 0.717) is 23.8 Å². The second-order valence-corrected chi connectivity index (χ2v) is 6.88. The lowest BCUT2D eigenvalue weighted by Gasteiger charge is -2.26. The van der Waals surface area contributed by atoms with Crippen LogP contribution < -0.4 is 0 Å². The Labute approximate surface area is 159 Å². The van der Waals surface area contributed by atoms with E-state index < -0.39 is 24.8 Å². The number of hydrogen-bond donors (Lipinski definition) is 1. The lowest BCUT2D eigenvalue weighted by atomic mass is 10.2. The smallest absolute Gasteiger partial charge is 0.359 e. The number of ether oxygens (including phenoxy) is 1. The van der Waals surface area contributed by atoms with Gasteiger partial charge in [0.05, 0.1) is 17.9 Å². The zero-order valence-electron chi connectivity index (χ0n) is 14.6. The number of nitrogens with zero attached hydrogens (tertiary/aromatic N) is 2. The van der Waals surface area contributed by atoms with Crippen LogP contribution in [0, 0.1) is 0 Å². The van der Waals surface area contributed by atoms with Crippen molar-refractivity contribution < 1.29 is 22.7 Å². The summed E-state index contributed by atoms with van der Waals surface area (Å²) in [6, 6.07) is 6.93. The summed E-state index contributed by atoms with van der Waals surface area (Å²) in [5.41, 5.74) is 1.68. The van der Waals surface area contributed by atoms with Crippen LogP contribution in [0.3, 0.4) is 0 Å². The summed E-state index contributed by atoms with van der Waals surface area (Å²) in [5, 5.41) is 0.624. The summed E-state index contributed by atoms with van der Waals surface area (Å²) in [6.45, 7) is 0.352. The largest absolute Gasteiger partial charge is 0.411 e. The number of hydrogen-bond acceptors (Lipinski definition) is 3. The summed E-state index contributed by atoms with van der Waals surface area (Å²) >= 11 is 5.89. The summed E-state index contributed by atoms with van der Waals surface area (Å²) in [4.78, 5) is 21.6. The molecule has 1 N–H and O–H groups in total. The van der Waals surface area contributed by atoms with E-state index in [1.54, 1.807) is 18.3 Å². The maximum Gasteiger partial charge on any atom is 0.411 e. The van der Waals surface area contributed by atoms with Crippen LogP contribution in [-0.2, 0) is 9.53 Å². The molecule has 1 fully saturated rings. The predicted molar refractivity (Wildman–Crippen MR) is 94.2 cm³/mol. The molecule has 27 heavy (non-hydrogen) atoms. The van der Waals surface area contributed by atoms with Crippen LogP contribution in [0.15, 0.2) is 30.5 Å². The third-order valence-electron chi connectivity index (χ3n) is 4.45. The highest BCUT2D eigenvalue weighted by Gasteiger charge is 2.36. The van der Waals surface area contributed by atoms with E-state index in [2.05, 4.69) is 9.97 Å². The number of carbonyl (C=O) groups excluding carboxylic acids is 1. The number of amides is 1. The molecule has 2 atom stereocenters. The van der Waals surface area contributed by atoms with Crippen LogP contribution in [0.25, 0.3) is 11.3 Å². The minimum atomic E-state index is -4.46. The molecule has 1 aromatic heterocycles. The number of benzene rings is 1. The molecule has 1 saturated heterocycles. The maximum absolute atomic E-state index is 12.5. The van der Waals surface area contributed by atoms with Gasteiger partial charge in [-0.1, -0.05) is 23.7 Å². The molecular formula is C18H19ClF3N3O2. The van der Waals surface area contributed by atoms with Gasteiger partial charge in [0, 0.05) is 11.6 Å². The summed E-state index contributed by atoms with van der Waals surface area (Å²) in [5.74, 6) is 0.139. The van der Waals surface area contributed by atoms with Gasteiger partial charge in [-0.2, -0.15) is 13.2 Å². The van der Waals surface area contributed by atoms with Crippen LogP contribution in [0.1, 0.15) is 31.6 Å². The van der Waals surface area contributed by atoms with Gasteiger partial charge in [-0.3, -0.25) is 4.79 Å². The first kappa shape index (κ1) is 19.7. The van der Waals surface area contributed by atoms with E-state index in [1.807, 2.05) is 12.1 Å². The van der Waals surface area contributed by atoms with Gasteiger partial charge in [-0.05, 0) is 37.5 Å². The number of carbonyl (C=O) groups is 1. The second kappa shape index (κ2) is 7.90. The molecule has 0 saturated carbocycles. The number of likely N-dealkylation sites (tertiary alicyclic amines) is 1. The van der Waals surface area contributed by atoms with Crippen molar-refractivity contribution in [3.8, 4) is 11.3 Å². The third kappa shape index (κ3) is 4.81. The van der Waals surface area contributed by atoms with Crippen molar-refractivity contribution in [2.75, 3.05) is 13.2 Å². The van der Waals surface area contributed by atoms with Crippen molar-refractivity contribution in [1.82, 2.24) is 14.9 Å². The molecule has 3 rings (SSSR count). The van der Waals surface area contributed by atoms with Crippen molar-refractivity contribution in [3.05, 3.63) is 41.3 Å². The van der Waals surface area contributed by atoms with Crippen LogP contribution in [0.2, 0.25) is 5.02 Å². The molecule has 0 radical (unpaired) electrons. The van der Waals surface area contributed by atoms with E-state index in [-0.39, 0.29) is 6.04 Å². The Bertz CT molecular complexity index is 792. The van der Waals surface area contributed by atoms with Crippen LogP contribution in [0.5, 0.6) is 0 Å². The van der Waals surface area contributed by atoms with Crippen LogP contribution >= 0.6 is 11.6 Å². The highest BCUT2D eigenvalue weighted by atomic mass is 35.5. The van der Waals surface area contributed by atoms with Gasteiger partial charge < -0.3 is 14.6 Å². The van der Waals surface area contributed by atoms with Gasteiger partial charge in [0.25, 0.3) is 5.91 Å². The number of imidazole rings is 1. The number of nitrogens with one attached hydrogen (secondary N) is 1. The molecule has 1 aromatic carbocycles. The van der Waals surface area contributed by atoms with Crippen molar-refractivity contribution in [2.45, 2.75) is 38.1 Å². The Balaban J connectivity index is 1.71. The minimum Gasteiger partial charge on any atom is -0.359 e. The predicted octanol–water partition coefficient (Wildman–Crippen LogP) is 4.36. The normalized spacial score (nSPS) is 18.7. The van der Waals surface area contributed by atoms with Gasteiger partial charge in [0.2, 0.25) is 0 Å². The fraction of sp³-hybridized carbons (Fsp3) is 0.444.